The van der Waals surface area contributed by atoms with Crippen molar-refractivity contribution < 1.29 is 13.6 Å². The van der Waals surface area contributed by atoms with Crippen molar-refractivity contribution in [3.05, 3.63) is 72.8 Å². The Hall–Kier alpha value is -1.95. The van der Waals surface area contributed by atoms with E-state index >= 15 is 0 Å². The van der Waals surface area contributed by atoms with Gasteiger partial charge in [0.15, 0.2) is 8.32 Å². The van der Waals surface area contributed by atoms with Crippen molar-refractivity contribution in [3.8, 4) is 12.3 Å². The minimum absolute atomic E-state index is 0.0490. The molecule has 4 atom stereocenters. The fraction of sp³-hybridized carbons (Fsp3) is 0.619. The van der Waals surface area contributed by atoms with Crippen molar-refractivity contribution in [3.63, 3.8) is 0 Å². The van der Waals surface area contributed by atoms with Crippen LogP contribution in [0.1, 0.15) is 119 Å². The smallest absolute Gasteiger partial charge is 0.261 e. The van der Waals surface area contributed by atoms with E-state index in [1.54, 1.807) is 0 Å². The van der Waals surface area contributed by atoms with Gasteiger partial charge in [-0.25, -0.2) is 0 Å². The highest BCUT2D eigenvalue weighted by molar-refractivity contribution is 6.99. The van der Waals surface area contributed by atoms with Crippen LogP contribution in [0.5, 0.6) is 0 Å². The summed E-state index contributed by atoms with van der Waals surface area (Å²) >= 11 is 0. The van der Waals surface area contributed by atoms with Crippen LogP contribution in [0.15, 0.2) is 72.8 Å². The minimum atomic E-state index is -2.75. The van der Waals surface area contributed by atoms with Crippen LogP contribution in [-0.2, 0) is 13.6 Å². The normalized spacial score (nSPS) is 20.3. The summed E-state index contributed by atoms with van der Waals surface area (Å²) in [6.07, 6.45) is 23.2. The summed E-state index contributed by atoms with van der Waals surface area (Å²) in [6, 6.07) is 21.9. The second-order valence-electron chi connectivity index (χ2n) is 16.2. The number of ether oxygens (including phenoxy) is 1. The molecule has 3 nitrogen and oxygen atoms in total. The summed E-state index contributed by atoms with van der Waals surface area (Å²) in [4.78, 5) is 0. The summed E-state index contributed by atoms with van der Waals surface area (Å²) < 4.78 is 21.5. The third-order valence-electron chi connectivity index (χ3n) is 10.5. The molecule has 1 aliphatic heterocycles. The van der Waals surface area contributed by atoms with Crippen LogP contribution in [0.25, 0.3) is 0 Å². The van der Waals surface area contributed by atoms with E-state index in [1.807, 2.05) is 0 Å². The lowest BCUT2D eigenvalue weighted by molar-refractivity contribution is -0.132. The monoisotopic (exact) mass is 674 g/mol. The van der Waals surface area contributed by atoms with E-state index in [2.05, 4.69) is 140 Å². The van der Waals surface area contributed by atoms with Crippen molar-refractivity contribution in [2.45, 2.75) is 167 Å². The van der Waals surface area contributed by atoms with Gasteiger partial charge in [-0.05, 0) is 65.6 Å². The summed E-state index contributed by atoms with van der Waals surface area (Å²) in [6.45, 7) is 20.7. The van der Waals surface area contributed by atoms with Gasteiger partial charge in [-0.15, -0.1) is 6.42 Å². The molecule has 2 aromatic carbocycles. The molecule has 0 N–H and O–H groups in total. The Morgan fingerprint density at radius 2 is 1.36 bits per heavy atom. The maximum Gasteiger partial charge on any atom is 0.261 e. The lowest BCUT2D eigenvalue weighted by atomic mass is 9.96. The predicted molar refractivity (Wildman–Crippen MR) is 208 cm³/mol. The first-order valence-electron chi connectivity index (χ1n) is 18.5. The Morgan fingerprint density at radius 1 is 0.809 bits per heavy atom. The van der Waals surface area contributed by atoms with Crippen LogP contribution in [0.4, 0.5) is 0 Å². The zero-order valence-corrected chi connectivity index (χ0v) is 33.3. The van der Waals surface area contributed by atoms with Gasteiger partial charge < -0.3 is 13.6 Å². The largest absolute Gasteiger partial charge is 0.402 e. The highest BCUT2D eigenvalue weighted by Crippen LogP contribution is 2.42. The molecule has 2 aromatic rings. The highest BCUT2D eigenvalue weighted by atomic mass is 28.4. The van der Waals surface area contributed by atoms with E-state index in [9.17, 15) is 0 Å². The maximum absolute atomic E-state index is 7.68. The van der Waals surface area contributed by atoms with Crippen LogP contribution in [-0.4, -0.2) is 41.1 Å². The fourth-order valence-electron chi connectivity index (χ4n) is 6.66. The molecule has 0 aliphatic carbocycles. The lowest BCUT2D eigenvalue weighted by Gasteiger charge is -2.49. The Labute approximate surface area is 291 Å². The van der Waals surface area contributed by atoms with Gasteiger partial charge in [-0.2, -0.15) is 0 Å². The first-order chi connectivity index (χ1) is 22.3. The van der Waals surface area contributed by atoms with Gasteiger partial charge in [0.1, 0.15) is 6.10 Å². The average molecular weight is 675 g/mol. The summed E-state index contributed by atoms with van der Waals surface area (Å²) in [7, 11) is -4.83. The molecule has 1 aliphatic rings. The van der Waals surface area contributed by atoms with E-state index in [-0.39, 0.29) is 34.5 Å². The molecule has 1 heterocycles. The number of hydrogen-bond donors (Lipinski definition) is 0. The van der Waals surface area contributed by atoms with Crippen LogP contribution < -0.4 is 10.4 Å². The minimum Gasteiger partial charge on any atom is -0.402 e. The summed E-state index contributed by atoms with van der Waals surface area (Å²) in [5.74, 6) is 3.01. The molecule has 0 bridgehead atoms. The Bertz CT molecular complexity index is 1200. The van der Waals surface area contributed by atoms with E-state index in [0.29, 0.717) is 0 Å². The van der Waals surface area contributed by atoms with E-state index in [1.165, 1.54) is 55.3 Å². The molecule has 1 saturated heterocycles. The lowest BCUT2D eigenvalue weighted by Crippen LogP contribution is -2.69. The maximum atomic E-state index is 7.68. The van der Waals surface area contributed by atoms with Gasteiger partial charge in [0, 0.05) is 0 Å². The molecule has 0 amide bonds. The van der Waals surface area contributed by atoms with Gasteiger partial charge in [0.2, 0.25) is 0 Å². The topological polar surface area (TPSA) is 27.7 Å². The standard InChI is InChI=1S/C42H66O3Si2/c1-11-13-14-15-16-17-18-19-20-27-32-38-40(34-33-39(43-38)37(12-2)44-46(9,10)41(3,4)5)45-47(42(6,7)8,35-28-23-21-24-29-35)36-30-25-22-26-31-36/h2,20-31,37-40H,11,13-19,32-34H2,1,3-10H3/b27-20-/t37-,38-,39-,40-/m1/s1. The van der Waals surface area contributed by atoms with E-state index < -0.39 is 16.6 Å². The van der Waals surface area contributed by atoms with Crippen molar-refractivity contribution in [2.24, 2.45) is 0 Å². The SMILES string of the molecule is C#C[C@@H](O[Si](C)(C)C(C)(C)C)[C@H]1CC[C@@H](O[Si](c2ccccc2)(c2ccccc2)C(C)(C)C)[C@@H](C/C=C\CCCCCCCCC)O1. The Kier molecular flexibility index (Phi) is 15.3. The summed E-state index contributed by atoms with van der Waals surface area (Å²) in [5.41, 5.74) is 0. The summed E-state index contributed by atoms with van der Waals surface area (Å²) in [5, 5.41) is 2.58. The second-order valence-corrected chi connectivity index (χ2v) is 25.2. The molecule has 0 saturated carbocycles. The molecule has 3 rings (SSSR count). The van der Waals surface area contributed by atoms with Crippen molar-refractivity contribution in [1.29, 1.82) is 0 Å². The first kappa shape index (κ1) is 39.5. The number of hydrogen-bond acceptors (Lipinski definition) is 3. The van der Waals surface area contributed by atoms with E-state index in [4.69, 9.17) is 20.0 Å². The quantitative estimate of drug-likeness (QED) is 0.0723. The molecule has 0 radical (unpaired) electrons. The van der Waals surface area contributed by atoms with Crippen LogP contribution in [0, 0.1) is 12.3 Å². The molecular weight excluding hydrogens is 609 g/mol. The number of allylic oxidation sites excluding steroid dienone is 1. The van der Waals surface area contributed by atoms with Crippen LogP contribution in [0.2, 0.25) is 23.2 Å². The highest BCUT2D eigenvalue weighted by Gasteiger charge is 2.53. The number of rotatable bonds is 17. The van der Waals surface area contributed by atoms with Crippen LogP contribution >= 0.6 is 0 Å². The third kappa shape index (κ3) is 10.8. The van der Waals surface area contributed by atoms with Crippen molar-refractivity contribution >= 4 is 27.0 Å². The molecule has 5 heteroatoms. The predicted octanol–water partition coefficient (Wildman–Crippen LogP) is 10.6. The van der Waals surface area contributed by atoms with Gasteiger partial charge in [-0.3, -0.25) is 0 Å². The van der Waals surface area contributed by atoms with Crippen molar-refractivity contribution in [1.82, 2.24) is 0 Å². The average Bonchev–Trinajstić information content (AvgIpc) is 3.03. The first-order valence-corrected chi connectivity index (χ1v) is 23.3. The number of terminal acetylenes is 1. The molecule has 0 spiro atoms. The number of unbranched alkanes of at least 4 members (excludes halogenated alkanes) is 7. The zero-order valence-electron chi connectivity index (χ0n) is 31.3. The Morgan fingerprint density at radius 3 is 1.87 bits per heavy atom. The van der Waals surface area contributed by atoms with Crippen molar-refractivity contribution in [2.75, 3.05) is 0 Å². The van der Waals surface area contributed by atoms with Gasteiger partial charge in [0.05, 0.1) is 18.3 Å². The molecule has 0 aromatic heterocycles. The second kappa shape index (κ2) is 18.2. The van der Waals surface area contributed by atoms with Gasteiger partial charge >= 0.3 is 0 Å². The Balaban J connectivity index is 1.89. The molecule has 47 heavy (non-hydrogen) atoms. The van der Waals surface area contributed by atoms with E-state index in [0.717, 1.165) is 25.7 Å². The van der Waals surface area contributed by atoms with Crippen LogP contribution in [0.3, 0.4) is 0 Å². The molecule has 1 fully saturated rings. The fourth-order valence-corrected chi connectivity index (χ4v) is 12.6. The van der Waals surface area contributed by atoms with Gasteiger partial charge in [0.25, 0.3) is 8.32 Å². The third-order valence-corrected chi connectivity index (χ3v) is 20.0. The number of benzene rings is 2. The molecular formula is C42H66O3Si2. The molecule has 260 valence electrons. The van der Waals surface area contributed by atoms with Gasteiger partial charge in [-0.1, -0.05) is 166 Å². The molecule has 0 unspecified atom stereocenters. The zero-order chi connectivity index (χ0) is 34.6.